The third kappa shape index (κ3) is 0.991. The highest BCUT2D eigenvalue weighted by atomic mass is 14.9. The molecule has 0 amide bonds. The highest BCUT2D eigenvalue weighted by Crippen LogP contribution is 1.72. The monoisotopic (exact) mass is 135 g/mol. The van der Waals surface area contributed by atoms with E-state index in [0.29, 0.717) is 0 Å². The van der Waals surface area contributed by atoms with Gasteiger partial charge in [-0.25, -0.2) is 0 Å². The molecule has 0 N–H and O–H groups in total. The van der Waals surface area contributed by atoms with Gasteiger partial charge in [-0.05, 0) is 26.0 Å². The molecular weight excluding hydrogens is 122 g/mol. The molecule has 0 aromatic carbocycles. The summed E-state index contributed by atoms with van der Waals surface area (Å²) in [5, 5.41) is 2.35. The van der Waals surface area contributed by atoms with Crippen LogP contribution in [0.2, 0.25) is 0 Å². The van der Waals surface area contributed by atoms with Gasteiger partial charge in [0.05, 0.1) is 0 Å². The molecule has 0 saturated carbocycles. The minimum atomic E-state index is 1.01. The Morgan fingerprint density at radius 1 is 1.60 bits per heavy atom. The van der Waals surface area contributed by atoms with Crippen molar-refractivity contribution in [2.75, 3.05) is 0 Å². The largest absolute Gasteiger partial charge is 0.343 e. The minimum absolute atomic E-state index is 1.01. The fourth-order valence-electron chi connectivity index (χ4n) is 1.17. The van der Waals surface area contributed by atoms with Crippen molar-refractivity contribution in [3.05, 3.63) is 22.8 Å². The van der Waals surface area contributed by atoms with Gasteiger partial charge in [-0.3, -0.25) is 0 Å². The van der Waals surface area contributed by atoms with Crippen LogP contribution in [0.15, 0.2) is 12.1 Å². The van der Waals surface area contributed by atoms with E-state index in [2.05, 4.69) is 30.2 Å². The van der Waals surface area contributed by atoms with Crippen LogP contribution in [0.4, 0.5) is 0 Å². The summed E-state index contributed by atoms with van der Waals surface area (Å²) in [6, 6.07) is 4.13. The average Bonchev–Trinajstić information content (AvgIpc) is 2.30. The van der Waals surface area contributed by atoms with E-state index in [9.17, 15) is 0 Å². The zero-order chi connectivity index (χ0) is 7.56. The molecule has 54 valence electrons. The number of hydrogen-bond acceptors (Lipinski definition) is 0. The Bertz CT molecular complexity index is 306. The van der Waals surface area contributed by atoms with E-state index in [4.69, 9.17) is 0 Å². The summed E-state index contributed by atoms with van der Waals surface area (Å²) in [5.74, 6) is 0. The van der Waals surface area contributed by atoms with Crippen LogP contribution in [0.5, 0.6) is 0 Å². The van der Waals surface area contributed by atoms with Crippen molar-refractivity contribution < 1.29 is 0 Å². The first-order valence-electron chi connectivity index (χ1n) is 3.60. The molecule has 0 aliphatic carbocycles. The molecule has 0 aliphatic rings. The lowest BCUT2D eigenvalue weighted by Gasteiger charge is -1.96. The summed E-state index contributed by atoms with van der Waals surface area (Å²) < 4.78 is 2.18. The van der Waals surface area contributed by atoms with Gasteiger partial charge in [0.25, 0.3) is 0 Å². The zero-order valence-electron chi connectivity index (χ0n) is 6.59. The highest BCUT2D eigenvalue weighted by Gasteiger charge is 1.87. The maximum Gasteiger partial charge on any atom is 0.0367 e. The second-order valence-corrected chi connectivity index (χ2v) is 2.28. The number of hydrogen-bond donors (Lipinski definition) is 0. The first kappa shape index (κ1) is 7.13. The topological polar surface area (TPSA) is 4.93 Å². The van der Waals surface area contributed by atoms with Crippen LogP contribution in [-0.2, 0) is 6.54 Å². The molecule has 0 unspecified atom stereocenters. The first-order valence-corrected chi connectivity index (χ1v) is 3.60. The molecule has 0 fully saturated rings. The Kier molecular flexibility index (Phi) is 1.95. The molecule has 1 heteroatoms. The van der Waals surface area contributed by atoms with Gasteiger partial charge < -0.3 is 4.57 Å². The summed E-state index contributed by atoms with van der Waals surface area (Å²) in [6.07, 6.45) is 2.10. The molecule has 0 bridgehead atoms. The first-order chi connectivity index (χ1) is 4.79. The van der Waals surface area contributed by atoms with Gasteiger partial charge in [0.2, 0.25) is 0 Å². The Labute approximate surface area is 61.3 Å². The van der Waals surface area contributed by atoms with Gasteiger partial charge in [0.1, 0.15) is 0 Å². The fourth-order valence-corrected chi connectivity index (χ4v) is 1.17. The molecule has 1 nitrogen and oxygen atoms in total. The van der Waals surface area contributed by atoms with Crippen LogP contribution in [0, 0.1) is 0 Å². The van der Waals surface area contributed by atoms with Crippen molar-refractivity contribution in [2.24, 2.45) is 0 Å². The highest BCUT2D eigenvalue weighted by molar-refractivity contribution is 5.18. The summed E-state index contributed by atoms with van der Waals surface area (Å²) in [6.45, 7) is 9.08. The van der Waals surface area contributed by atoms with Crippen molar-refractivity contribution in [1.29, 1.82) is 0 Å². The van der Waals surface area contributed by atoms with E-state index >= 15 is 0 Å². The van der Waals surface area contributed by atoms with Gasteiger partial charge in [-0.1, -0.05) is 12.7 Å². The third-order valence-electron chi connectivity index (χ3n) is 1.72. The van der Waals surface area contributed by atoms with Crippen molar-refractivity contribution in [3.63, 3.8) is 0 Å². The van der Waals surface area contributed by atoms with Crippen molar-refractivity contribution in [1.82, 2.24) is 4.57 Å². The molecule has 1 heterocycles. The average molecular weight is 135 g/mol. The standard InChI is InChI=1S/C9H13N/c1-4-9-7-6-8(3)10(9)5-2/h4,6-7H,3,5H2,1-2H3/b9-4+. The van der Waals surface area contributed by atoms with E-state index in [-0.39, 0.29) is 0 Å². The lowest BCUT2D eigenvalue weighted by molar-refractivity contribution is 0.725. The van der Waals surface area contributed by atoms with Crippen molar-refractivity contribution >= 4 is 12.7 Å². The van der Waals surface area contributed by atoms with E-state index in [1.54, 1.807) is 0 Å². The molecule has 0 atom stereocenters. The Balaban J connectivity index is 3.42. The van der Waals surface area contributed by atoms with E-state index in [1.165, 1.54) is 5.35 Å². The maximum absolute atomic E-state index is 3.90. The fraction of sp³-hybridized carbons (Fsp3) is 0.333. The van der Waals surface area contributed by atoms with Crippen LogP contribution in [0.25, 0.3) is 12.7 Å². The Hall–Kier alpha value is -0.980. The molecule has 0 aliphatic heterocycles. The van der Waals surface area contributed by atoms with Gasteiger partial charge in [-0.15, -0.1) is 0 Å². The number of rotatable bonds is 1. The zero-order valence-corrected chi connectivity index (χ0v) is 6.59. The van der Waals surface area contributed by atoms with E-state index in [1.807, 2.05) is 13.0 Å². The molecule has 1 aromatic rings. The minimum Gasteiger partial charge on any atom is -0.343 e. The van der Waals surface area contributed by atoms with Crippen molar-refractivity contribution in [2.45, 2.75) is 20.4 Å². The molecule has 1 aromatic heterocycles. The van der Waals surface area contributed by atoms with Crippen molar-refractivity contribution in [3.8, 4) is 0 Å². The van der Waals surface area contributed by atoms with Crippen LogP contribution >= 0.6 is 0 Å². The van der Waals surface area contributed by atoms with E-state index in [0.717, 1.165) is 11.9 Å². The van der Waals surface area contributed by atoms with E-state index < -0.39 is 0 Å². The maximum atomic E-state index is 3.90. The van der Waals surface area contributed by atoms with Gasteiger partial charge >= 0.3 is 0 Å². The van der Waals surface area contributed by atoms with Gasteiger partial charge in [-0.2, -0.15) is 0 Å². The number of aromatic nitrogens is 1. The summed E-state index contributed by atoms with van der Waals surface area (Å²) >= 11 is 0. The molecular formula is C9H13N. The molecule has 0 saturated heterocycles. The molecule has 10 heavy (non-hydrogen) atoms. The lowest BCUT2D eigenvalue weighted by atomic mass is 10.5. The van der Waals surface area contributed by atoms with Crippen LogP contribution in [0.3, 0.4) is 0 Å². The van der Waals surface area contributed by atoms with Crippen LogP contribution < -0.4 is 10.7 Å². The SMILES string of the molecule is C=c1cc/c(=C\C)n1CC. The lowest BCUT2D eigenvalue weighted by Crippen LogP contribution is -2.24. The number of nitrogens with zero attached hydrogens (tertiary/aromatic N) is 1. The summed E-state index contributed by atoms with van der Waals surface area (Å²) in [7, 11) is 0. The van der Waals surface area contributed by atoms with Crippen LogP contribution in [-0.4, -0.2) is 4.57 Å². The second-order valence-electron chi connectivity index (χ2n) is 2.28. The predicted octanol–water partition coefficient (Wildman–Crippen LogP) is 0.719. The Morgan fingerprint density at radius 3 is 2.70 bits per heavy atom. The smallest absolute Gasteiger partial charge is 0.0367 e. The normalized spacial score (nSPS) is 12.4. The molecule has 0 radical (unpaired) electrons. The summed E-state index contributed by atoms with van der Waals surface area (Å²) in [4.78, 5) is 0. The second kappa shape index (κ2) is 2.74. The third-order valence-corrected chi connectivity index (χ3v) is 1.72. The van der Waals surface area contributed by atoms with Crippen LogP contribution in [0.1, 0.15) is 13.8 Å². The summed E-state index contributed by atoms with van der Waals surface area (Å²) in [5.41, 5.74) is 0. The molecule has 1 rings (SSSR count). The van der Waals surface area contributed by atoms with Gasteiger partial charge in [0, 0.05) is 17.2 Å². The Morgan fingerprint density at radius 2 is 2.30 bits per heavy atom. The molecule has 0 spiro atoms. The predicted molar refractivity (Wildman–Crippen MR) is 45.0 cm³/mol. The quantitative estimate of drug-likeness (QED) is 0.534. The van der Waals surface area contributed by atoms with Gasteiger partial charge in [0.15, 0.2) is 0 Å².